The monoisotopic (exact) mass is 214 g/mol. The highest BCUT2D eigenvalue weighted by atomic mass is 35.5. The van der Waals surface area contributed by atoms with Gasteiger partial charge in [0, 0.05) is 0 Å². The molecule has 1 rings (SSSR count). The van der Waals surface area contributed by atoms with Gasteiger partial charge in [0.1, 0.15) is 0 Å². The van der Waals surface area contributed by atoms with Gasteiger partial charge in [0.15, 0.2) is 0 Å². The lowest BCUT2D eigenvalue weighted by Gasteiger charge is -2.28. The Morgan fingerprint density at radius 3 is 2.54 bits per heavy atom. The molecule has 1 fully saturated rings. The number of rotatable bonds is 1. The molecule has 1 aliphatic rings. The Kier molecular flexibility index (Phi) is 3.24. The Hall–Kier alpha value is -0.220. The Bertz CT molecular complexity index is 202. The molecule has 1 nitrogen and oxygen atoms in total. The SMILES string of the molecule is C=C1CCC(OC(F)(F)F)C(Cl)C1. The van der Waals surface area contributed by atoms with Gasteiger partial charge in [0.25, 0.3) is 0 Å². The van der Waals surface area contributed by atoms with Crippen LogP contribution in [0.5, 0.6) is 0 Å². The second-order valence-electron chi connectivity index (χ2n) is 3.11. The summed E-state index contributed by atoms with van der Waals surface area (Å²) in [5, 5.41) is -0.608. The quantitative estimate of drug-likeness (QED) is 0.481. The highest BCUT2D eigenvalue weighted by molar-refractivity contribution is 6.21. The van der Waals surface area contributed by atoms with E-state index < -0.39 is 17.8 Å². The fourth-order valence-corrected chi connectivity index (χ4v) is 1.74. The van der Waals surface area contributed by atoms with Crippen LogP contribution < -0.4 is 0 Å². The molecule has 0 spiro atoms. The maximum Gasteiger partial charge on any atom is 0.522 e. The molecule has 0 aromatic carbocycles. The van der Waals surface area contributed by atoms with Crippen molar-refractivity contribution in [3.8, 4) is 0 Å². The molecule has 0 N–H and O–H groups in total. The van der Waals surface area contributed by atoms with E-state index in [1.165, 1.54) is 0 Å². The molecule has 0 aromatic heterocycles. The largest absolute Gasteiger partial charge is 0.522 e. The minimum atomic E-state index is -4.59. The van der Waals surface area contributed by atoms with E-state index >= 15 is 0 Å². The summed E-state index contributed by atoms with van der Waals surface area (Å²) in [7, 11) is 0. The zero-order valence-corrected chi connectivity index (χ0v) is 7.66. The Morgan fingerprint density at radius 1 is 1.46 bits per heavy atom. The van der Waals surface area contributed by atoms with Gasteiger partial charge in [0.05, 0.1) is 11.5 Å². The average Bonchev–Trinajstić information content (AvgIpc) is 1.93. The molecule has 1 aliphatic carbocycles. The van der Waals surface area contributed by atoms with Gasteiger partial charge in [-0.25, -0.2) is 0 Å². The molecule has 0 saturated heterocycles. The maximum absolute atomic E-state index is 11.8. The van der Waals surface area contributed by atoms with Gasteiger partial charge >= 0.3 is 6.36 Å². The van der Waals surface area contributed by atoms with Crippen LogP contribution in [-0.2, 0) is 4.74 Å². The molecular weight excluding hydrogens is 205 g/mol. The zero-order chi connectivity index (χ0) is 10.1. The van der Waals surface area contributed by atoms with E-state index in [9.17, 15) is 13.2 Å². The van der Waals surface area contributed by atoms with Crippen molar-refractivity contribution < 1.29 is 17.9 Å². The second-order valence-corrected chi connectivity index (χ2v) is 3.67. The molecule has 13 heavy (non-hydrogen) atoms. The molecular formula is C8H10ClF3O. The van der Waals surface area contributed by atoms with Gasteiger partial charge in [-0.2, -0.15) is 0 Å². The summed E-state index contributed by atoms with van der Waals surface area (Å²) in [6.07, 6.45) is -4.25. The van der Waals surface area contributed by atoms with Crippen molar-refractivity contribution >= 4 is 11.6 Å². The van der Waals surface area contributed by atoms with E-state index in [4.69, 9.17) is 11.6 Å². The Labute approximate surface area is 79.5 Å². The lowest BCUT2D eigenvalue weighted by Crippen LogP contribution is -2.34. The molecule has 2 unspecified atom stereocenters. The Morgan fingerprint density at radius 2 is 2.08 bits per heavy atom. The molecule has 0 aliphatic heterocycles. The number of allylic oxidation sites excluding steroid dienone is 1. The zero-order valence-electron chi connectivity index (χ0n) is 6.90. The molecule has 5 heteroatoms. The van der Waals surface area contributed by atoms with E-state index in [2.05, 4.69) is 11.3 Å². The molecule has 0 amide bonds. The maximum atomic E-state index is 11.8. The van der Waals surface area contributed by atoms with Crippen LogP contribution in [0.2, 0.25) is 0 Å². The van der Waals surface area contributed by atoms with Gasteiger partial charge in [-0.1, -0.05) is 12.2 Å². The lowest BCUT2D eigenvalue weighted by atomic mass is 9.93. The molecule has 0 heterocycles. The minimum Gasteiger partial charge on any atom is -0.287 e. The summed E-state index contributed by atoms with van der Waals surface area (Å²) < 4.78 is 39.3. The number of halogens is 4. The van der Waals surface area contributed by atoms with Crippen LogP contribution in [0.1, 0.15) is 19.3 Å². The standard InChI is InChI=1S/C8H10ClF3O/c1-5-2-3-7(6(9)4-5)13-8(10,11)12/h6-7H,1-4H2. The van der Waals surface area contributed by atoms with Crippen molar-refractivity contribution in [2.75, 3.05) is 0 Å². The second kappa shape index (κ2) is 3.88. The third kappa shape index (κ3) is 3.56. The van der Waals surface area contributed by atoms with Gasteiger partial charge in [0.2, 0.25) is 0 Å². The molecule has 1 saturated carbocycles. The van der Waals surface area contributed by atoms with Crippen LogP contribution in [0, 0.1) is 0 Å². The molecule has 0 radical (unpaired) electrons. The van der Waals surface area contributed by atoms with E-state index in [1.807, 2.05) is 0 Å². The van der Waals surface area contributed by atoms with Crippen LogP contribution in [-0.4, -0.2) is 17.8 Å². The van der Waals surface area contributed by atoms with Gasteiger partial charge in [-0.05, 0) is 19.3 Å². The molecule has 2 atom stereocenters. The number of ether oxygens (including phenoxy) is 1. The van der Waals surface area contributed by atoms with Crippen molar-refractivity contribution in [1.29, 1.82) is 0 Å². The highest BCUT2D eigenvalue weighted by Crippen LogP contribution is 2.32. The van der Waals surface area contributed by atoms with Gasteiger partial charge < -0.3 is 0 Å². The summed E-state index contributed by atoms with van der Waals surface area (Å²) in [5.74, 6) is 0. The van der Waals surface area contributed by atoms with Crippen molar-refractivity contribution in [3.63, 3.8) is 0 Å². The summed E-state index contributed by atoms with van der Waals surface area (Å²) >= 11 is 5.70. The summed E-state index contributed by atoms with van der Waals surface area (Å²) in [4.78, 5) is 0. The number of hydrogen-bond donors (Lipinski definition) is 0. The van der Waals surface area contributed by atoms with Crippen LogP contribution in [0.15, 0.2) is 12.2 Å². The molecule has 76 valence electrons. The normalized spacial score (nSPS) is 30.6. The molecule has 0 bridgehead atoms. The molecule has 0 aromatic rings. The predicted octanol–water partition coefficient (Wildman–Crippen LogP) is 3.24. The first-order chi connectivity index (χ1) is 5.88. The first-order valence-corrected chi connectivity index (χ1v) is 4.37. The van der Waals surface area contributed by atoms with Gasteiger partial charge in [-0.3, -0.25) is 4.74 Å². The van der Waals surface area contributed by atoms with Crippen molar-refractivity contribution in [1.82, 2.24) is 0 Å². The van der Waals surface area contributed by atoms with E-state index in [0.29, 0.717) is 19.3 Å². The third-order valence-corrected chi connectivity index (χ3v) is 2.39. The number of hydrogen-bond acceptors (Lipinski definition) is 1. The van der Waals surface area contributed by atoms with Crippen LogP contribution in [0.4, 0.5) is 13.2 Å². The van der Waals surface area contributed by atoms with Crippen molar-refractivity contribution in [2.45, 2.75) is 37.1 Å². The fourth-order valence-electron chi connectivity index (χ4n) is 1.34. The third-order valence-electron chi connectivity index (χ3n) is 1.95. The summed E-state index contributed by atoms with van der Waals surface area (Å²) in [6, 6.07) is 0. The van der Waals surface area contributed by atoms with E-state index in [0.717, 1.165) is 5.57 Å². The van der Waals surface area contributed by atoms with Crippen LogP contribution in [0.3, 0.4) is 0 Å². The predicted molar refractivity (Wildman–Crippen MR) is 43.6 cm³/mol. The van der Waals surface area contributed by atoms with Gasteiger partial charge in [-0.15, -0.1) is 24.8 Å². The van der Waals surface area contributed by atoms with Crippen molar-refractivity contribution in [2.24, 2.45) is 0 Å². The number of alkyl halides is 4. The highest BCUT2D eigenvalue weighted by Gasteiger charge is 2.37. The van der Waals surface area contributed by atoms with Crippen molar-refractivity contribution in [3.05, 3.63) is 12.2 Å². The summed E-state index contributed by atoms with van der Waals surface area (Å²) in [6.45, 7) is 3.67. The summed E-state index contributed by atoms with van der Waals surface area (Å²) in [5.41, 5.74) is 0.891. The van der Waals surface area contributed by atoms with Crippen LogP contribution in [0.25, 0.3) is 0 Å². The van der Waals surface area contributed by atoms with E-state index in [-0.39, 0.29) is 0 Å². The minimum absolute atomic E-state index is 0.298. The van der Waals surface area contributed by atoms with E-state index in [1.54, 1.807) is 0 Å². The Balaban J connectivity index is 2.47. The van der Waals surface area contributed by atoms with Crippen LogP contribution >= 0.6 is 11.6 Å². The fraction of sp³-hybridized carbons (Fsp3) is 0.750. The lowest BCUT2D eigenvalue weighted by molar-refractivity contribution is -0.343. The first kappa shape index (κ1) is 10.9. The smallest absolute Gasteiger partial charge is 0.287 e. The average molecular weight is 215 g/mol. The topological polar surface area (TPSA) is 9.23 Å². The first-order valence-electron chi connectivity index (χ1n) is 3.94.